The van der Waals surface area contributed by atoms with E-state index < -0.39 is 0 Å². The minimum absolute atomic E-state index is 0.118. The molecule has 0 aromatic heterocycles. The fourth-order valence-electron chi connectivity index (χ4n) is 1.01. The number of likely N-dealkylation sites (N-methyl/N-ethyl adjacent to an activating group) is 1. The molecule has 0 aliphatic rings. The summed E-state index contributed by atoms with van der Waals surface area (Å²) in [7, 11) is 2.06. The van der Waals surface area contributed by atoms with E-state index in [-0.39, 0.29) is 11.7 Å². The van der Waals surface area contributed by atoms with Crippen LogP contribution in [0.4, 0.5) is 0 Å². The maximum atomic E-state index is 11.2. The third kappa shape index (κ3) is 6.52. The normalized spacial score (nSPS) is 11.8. The molecule has 2 nitrogen and oxygen atoms in total. The molecule has 0 aromatic carbocycles. The molecule has 0 spiro atoms. The number of ketones is 1. The van der Waals surface area contributed by atoms with E-state index in [1.807, 2.05) is 19.9 Å². The first-order valence-electron chi connectivity index (χ1n) is 4.96. The maximum absolute atomic E-state index is 11.2. The number of allylic oxidation sites excluding steroid dienone is 1. The lowest BCUT2D eigenvalue weighted by Crippen LogP contribution is -2.19. The largest absolute Gasteiger partial charge is 0.303 e. The van der Waals surface area contributed by atoms with Crippen LogP contribution in [0.1, 0.15) is 27.2 Å². The summed E-state index contributed by atoms with van der Waals surface area (Å²) < 4.78 is 0. The summed E-state index contributed by atoms with van der Waals surface area (Å²) in [6.45, 7) is 7.94. The van der Waals surface area contributed by atoms with Crippen molar-refractivity contribution in [1.82, 2.24) is 4.90 Å². The molecule has 0 heterocycles. The summed E-state index contributed by atoms with van der Waals surface area (Å²) >= 11 is 0. The van der Waals surface area contributed by atoms with Crippen LogP contribution in [0.5, 0.6) is 0 Å². The molecule has 0 aromatic rings. The monoisotopic (exact) mass is 183 g/mol. The summed E-state index contributed by atoms with van der Waals surface area (Å²) in [6.07, 6.45) is 4.79. The molecule has 0 amide bonds. The van der Waals surface area contributed by atoms with E-state index in [9.17, 15) is 4.79 Å². The minimum Gasteiger partial charge on any atom is -0.303 e. The molecule has 0 aliphatic carbocycles. The van der Waals surface area contributed by atoms with Crippen LogP contribution in [-0.2, 0) is 4.79 Å². The molecule has 0 bridgehead atoms. The molecule has 2 heteroatoms. The highest BCUT2D eigenvalue weighted by Gasteiger charge is 2.01. The summed E-state index contributed by atoms with van der Waals surface area (Å²) in [5.74, 6) is 0.331. The topological polar surface area (TPSA) is 20.3 Å². The van der Waals surface area contributed by atoms with Gasteiger partial charge in [0, 0.05) is 12.5 Å². The molecule has 0 rings (SSSR count). The Morgan fingerprint density at radius 2 is 2.08 bits per heavy atom. The SMILES string of the molecule is CCCN(C)C/C=C/C(=O)C(C)C. The van der Waals surface area contributed by atoms with Crippen molar-refractivity contribution in [2.75, 3.05) is 20.1 Å². The minimum atomic E-state index is 0.118. The molecular weight excluding hydrogens is 162 g/mol. The average molecular weight is 183 g/mol. The van der Waals surface area contributed by atoms with Crippen LogP contribution in [-0.4, -0.2) is 30.8 Å². The molecule has 0 saturated carbocycles. The summed E-state index contributed by atoms with van der Waals surface area (Å²) in [6, 6.07) is 0. The zero-order valence-electron chi connectivity index (χ0n) is 9.21. The van der Waals surface area contributed by atoms with Crippen LogP contribution in [0.2, 0.25) is 0 Å². The number of hydrogen-bond donors (Lipinski definition) is 0. The third-order valence-electron chi connectivity index (χ3n) is 1.87. The first kappa shape index (κ1) is 12.4. The van der Waals surface area contributed by atoms with Crippen LogP contribution in [0.15, 0.2) is 12.2 Å². The van der Waals surface area contributed by atoms with Crippen molar-refractivity contribution in [3.63, 3.8) is 0 Å². The molecular formula is C11H21NO. The number of carbonyl (C=O) groups is 1. The van der Waals surface area contributed by atoms with E-state index in [2.05, 4.69) is 18.9 Å². The molecule has 0 fully saturated rings. The number of nitrogens with zero attached hydrogens (tertiary/aromatic N) is 1. The van der Waals surface area contributed by atoms with Gasteiger partial charge in [0.25, 0.3) is 0 Å². The van der Waals surface area contributed by atoms with Gasteiger partial charge in [0.15, 0.2) is 5.78 Å². The van der Waals surface area contributed by atoms with Crippen molar-refractivity contribution >= 4 is 5.78 Å². The fourth-order valence-corrected chi connectivity index (χ4v) is 1.01. The molecule has 0 unspecified atom stereocenters. The van der Waals surface area contributed by atoms with Crippen molar-refractivity contribution in [3.05, 3.63) is 12.2 Å². The van der Waals surface area contributed by atoms with Crippen molar-refractivity contribution in [2.24, 2.45) is 5.92 Å². The van der Waals surface area contributed by atoms with Gasteiger partial charge in [-0.25, -0.2) is 0 Å². The van der Waals surface area contributed by atoms with E-state index in [0.717, 1.165) is 19.5 Å². The van der Waals surface area contributed by atoms with Crippen molar-refractivity contribution in [1.29, 1.82) is 0 Å². The van der Waals surface area contributed by atoms with Gasteiger partial charge in [-0.2, -0.15) is 0 Å². The van der Waals surface area contributed by atoms with Gasteiger partial charge in [0.05, 0.1) is 0 Å². The van der Waals surface area contributed by atoms with E-state index in [4.69, 9.17) is 0 Å². The molecule has 0 radical (unpaired) electrons. The molecule has 0 saturated heterocycles. The predicted octanol–water partition coefficient (Wildman–Crippen LogP) is 2.11. The Morgan fingerprint density at radius 1 is 1.46 bits per heavy atom. The Hall–Kier alpha value is -0.630. The summed E-state index contributed by atoms with van der Waals surface area (Å²) in [4.78, 5) is 13.4. The van der Waals surface area contributed by atoms with Crippen molar-refractivity contribution in [3.8, 4) is 0 Å². The predicted molar refractivity (Wildman–Crippen MR) is 56.8 cm³/mol. The summed E-state index contributed by atoms with van der Waals surface area (Å²) in [5, 5.41) is 0. The Kier molecular flexibility index (Phi) is 6.51. The first-order chi connectivity index (χ1) is 6.07. The molecule has 0 N–H and O–H groups in total. The second-order valence-electron chi connectivity index (χ2n) is 3.72. The number of hydrogen-bond acceptors (Lipinski definition) is 2. The third-order valence-corrected chi connectivity index (χ3v) is 1.87. The summed E-state index contributed by atoms with van der Waals surface area (Å²) in [5.41, 5.74) is 0. The molecule has 0 atom stereocenters. The lowest BCUT2D eigenvalue weighted by Gasteiger charge is -2.11. The van der Waals surface area contributed by atoms with Gasteiger partial charge in [0.1, 0.15) is 0 Å². The second kappa shape index (κ2) is 6.84. The van der Waals surface area contributed by atoms with Crippen LogP contribution in [0.25, 0.3) is 0 Å². The zero-order valence-corrected chi connectivity index (χ0v) is 9.21. The van der Waals surface area contributed by atoms with Crippen molar-refractivity contribution in [2.45, 2.75) is 27.2 Å². The van der Waals surface area contributed by atoms with Crippen LogP contribution < -0.4 is 0 Å². The maximum Gasteiger partial charge on any atom is 0.157 e. The molecule has 76 valence electrons. The van der Waals surface area contributed by atoms with Crippen LogP contribution >= 0.6 is 0 Å². The Morgan fingerprint density at radius 3 is 2.54 bits per heavy atom. The standard InChI is InChI=1S/C11H21NO/c1-5-8-12(4)9-6-7-11(13)10(2)3/h6-7,10H,5,8-9H2,1-4H3/b7-6+. The van der Waals surface area contributed by atoms with Gasteiger partial charge in [0.2, 0.25) is 0 Å². The quantitative estimate of drug-likeness (QED) is 0.588. The number of carbonyl (C=O) groups excluding carboxylic acids is 1. The average Bonchev–Trinajstić information content (AvgIpc) is 2.04. The van der Waals surface area contributed by atoms with Gasteiger partial charge in [-0.3, -0.25) is 4.79 Å². The van der Waals surface area contributed by atoms with Gasteiger partial charge < -0.3 is 4.90 Å². The van der Waals surface area contributed by atoms with Gasteiger partial charge in [-0.05, 0) is 26.1 Å². The van der Waals surface area contributed by atoms with Crippen molar-refractivity contribution < 1.29 is 4.79 Å². The Bertz CT molecular complexity index is 173. The molecule has 13 heavy (non-hydrogen) atoms. The molecule has 0 aliphatic heterocycles. The lowest BCUT2D eigenvalue weighted by molar-refractivity contribution is -0.117. The van der Waals surface area contributed by atoms with E-state index in [0.29, 0.717) is 0 Å². The van der Waals surface area contributed by atoms with E-state index in [1.54, 1.807) is 6.08 Å². The van der Waals surface area contributed by atoms with E-state index >= 15 is 0 Å². The fraction of sp³-hybridized carbons (Fsp3) is 0.727. The first-order valence-corrected chi connectivity index (χ1v) is 4.96. The van der Waals surface area contributed by atoms with Gasteiger partial charge >= 0.3 is 0 Å². The zero-order chi connectivity index (χ0) is 10.3. The number of rotatable bonds is 6. The van der Waals surface area contributed by atoms with E-state index in [1.165, 1.54) is 0 Å². The van der Waals surface area contributed by atoms with Gasteiger partial charge in [-0.1, -0.05) is 26.8 Å². The Balaban J connectivity index is 3.68. The van der Waals surface area contributed by atoms with Crippen LogP contribution in [0.3, 0.4) is 0 Å². The smallest absolute Gasteiger partial charge is 0.157 e. The highest BCUT2D eigenvalue weighted by atomic mass is 16.1. The lowest BCUT2D eigenvalue weighted by atomic mass is 10.1. The highest BCUT2D eigenvalue weighted by Crippen LogP contribution is 1.95. The van der Waals surface area contributed by atoms with Crippen LogP contribution in [0, 0.1) is 5.92 Å². The second-order valence-corrected chi connectivity index (χ2v) is 3.72. The Labute approximate surface area is 81.6 Å². The van der Waals surface area contributed by atoms with Gasteiger partial charge in [-0.15, -0.1) is 0 Å². The highest BCUT2D eigenvalue weighted by molar-refractivity contribution is 5.91.